The number of carbonyl (C=O) groups excluding carboxylic acids is 1. The number of benzene rings is 1. The molecule has 3 nitrogen and oxygen atoms in total. The SMILES string of the molecule is CCN(CC)C(=O)c1ccc(C2CCCNC2)cc1. The molecule has 1 heterocycles. The monoisotopic (exact) mass is 260 g/mol. The fraction of sp³-hybridized carbons (Fsp3) is 0.562. The van der Waals surface area contributed by atoms with Crippen LogP contribution in [0.3, 0.4) is 0 Å². The quantitative estimate of drug-likeness (QED) is 0.902. The van der Waals surface area contributed by atoms with Crippen molar-refractivity contribution in [3.05, 3.63) is 35.4 Å². The first kappa shape index (κ1) is 14.1. The number of carbonyl (C=O) groups is 1. The van der Waals surface area contributed by atoms with Crippen molar-refractivity contribution in [1.82, 2.24) is 10.2 Å². The normalized spacial score (nSPS) is 19.2. The Hall–Kier alpha value is -1.35. The zero-order valence-corrected chi connectivity index (χ0v) is 12.0. The molecule has 0 aliphatic carbocycles. The Morgan fingerprint density at radius 1 is 1.26 bits per heavy atom. The summed E-state index contributed by atoms with van der Waals surface area (Å²) in [5.41, 5.74) is 2.15. The Bertz CT molecular complexity index is 403. The maximum Gasteiger partial charge on any atom is 0.253 e. The highest BCUT2D eigenvalue weighted by molar-refractivity contribution is 5.94. The lowest BCUT2D eigenvalue weighted by molar-refractivity contribution is 0.0773. The molecule has 1 N–H and O–H groups in total. The van der Waals surface area contributed by atoms with Crippen LogP contribution in [0.5, 0.6) is 0 Å². The zero-order chi connectivity index (χ0) is 13.7. The second kappa shape index (κ2) is 6.71. The van der Waals surface area contributed by atoms with E-state index in [-0.39, 0.29) is 5.91 Å². The van der Waals surface area contributed by atoms with Crippen molar-refractivity contribution in [1.29, 1.82) is 0 Å². The van der Waals surface area contributed by atoms with Crippen LogP contribution in [0, 0.1) is 0 Å². The highest BCUT2D eigenvalue weighted by atomic mass is 16.2. The van der Waals surface area contributed by atoms with Gasteiger partial charge in [-0.05, 0) is 56.8 Å². The van der Waals surface area contributed by atoms with Crippen LogP contribution in [-0.2, 0) is 0 Å². The van der Waals surface area contributed by atoms with Crippen LogP contribution in [-0.4, -0.2) is 37.0 Å². The Morgan fingerprint density at radius 3 is 2.47 bits per heavy atom. The first-order chi connectivity index (χ1) is 9.26. The molecule has 1 aromatic carbocycles. The van der Waals surface area contributed by atoms with Gasteiger partial charge >= 0.3 is 0 Å². The van der Waals surface area contributed by atoms with E-state index >= 15 is 0 Å². The average molecular weight is 260 g/mol. The molecule has 1 saturated heterocycles. The molecule has 104 valence electrons. The molecule has 0 spiro atoms. The summed E-state index contributed by atoms with van der Waals surface area (Å²) in [6.07, 6.45) is 2.49. The van der Waals surface area contributed by atoms with E-state index in [4.69, 9.17) is 0 Å². The Kier molecular flexibility index (Phi) is 4.97. The lowest BCUT2D eigenvalue weighted by Gasteiger charge is -2.23. The highest BCUT2D eigenvalue weighted by Gasteiger charge is 2.16. The molecule has 1 aliphatic rings. The molecule has 1 aromatic rings. The van der Waals surface area contributed by atoms with E-state index in [0.717, 1.165) is 31.7 Å². The summed E-state index contributed by atoms with van der Waals surface area (Å²) >= 11 is 0. The lowest BCUT2D eigenvalue weighted by atomic mass is 9.91. The van der Waals surface area contributed by atoms with E-state index in [0.29, 0.717) is 5.92 Å². The Labute approximate surface area is 116 Å². The third-order valence-corrected chi connectivity index (χ3v) is 3.98. The maximum absolute atomic E-state index is 12.2. The van der Waals surface area contributed by atoms with Crippen molar-refractivity contribution in [3.63, 3.8) is 0 Å². The molecule has 1 amide bonds. The second-order valence-electron chi connectivity index (χ2n) is 5.14. The van der Waals surface area contributed by atoms with Crippen LogP contribution in [0.1, 0.15) is 48.5 Å². The molecule has 3 heteroatoms. The van der Waals surface area contributed by atoms with Gasteiger partial charge in [-0.15, -0.1) is 0 Å². The molecule has 1 aliphatic heterocycles. The third kappa shape index (κ3) is 3.35. The van der Waals surface area contributed by atoms with Crippen LogP contribution in [0.25, 0.3) is 0 Å². The molecule has 19 heavy (non-hydrogen) atoms. The summed E-state index contributed by atoms with van der Waals surface area (Å²) in [5.74, 6) is 0.740. The number of piperidine rings is 1. The minimum absolute atomic E-state index is 0.137. The minimum atomic E-state index is 0.137. The van der Waals surface area contributed by atoms with Gasteiger partial charge in [0.25, 0.3) is 5.91 Å². The smallest absolute Gasteiger partial charge is 0.253 e. The second-order valence-corrected chi connectivity index (χ2v) is 5.14. The summed E-state index contributed by atoms with van der Waals surface area (Å²) in [5, 5.41) is 3.43. The number of rotatable bonds is 4. The molecule has 2 rings (SSSR count). The van der Waals surface area contributed by atoms with Crippen molar-refractivity contribution < 1.29 is 4.79 Å². The van der Waals surface area contributed by atoms with Gasteiger partial charge in [0.1, 0.15) is 0 Å². The predicted octanol–water partition coefficient (Wildman–Crippen LogP) is 2.64. The van der Waals surface area contributed by atoms with Gasteiger partial charge < -0.3 is 10.2 Å². The van der Waals surface area contributed by atoms with Gasteiger partial charge in [0, 0.05) is 25.2 Å². The molecule has 0 aromatic heterocycles. The fourth-order valence-electron chi connectivity index (χ4n) is 2.73. The number of hydrogen-bond acceptors (Lipinski definition) is 2. The van der Waals surface area contributed by atoms with Crippen molar-refractivity contribution in [2.24, 2.45) is 0 Å². The number of amides is 1. The highest BCUT2D eigenvalue weighted by Crippen LogP contribution is 2.23. The van der Waals surface area contributed by atoms with Crippen molar-refractivity contribution in [2.75, 3.05) is 26.2 Å². The van der Waals surface area contributed by atoms with Gasteiger partial charge in [0.05, 0.1) is 0 Å². The van der Waals surface area contributed by atoms with Gasteiger partial charge in [-0.1, -0.05) is 12.1 Å². The molecule has 0 saturated carbocycles. The van der Waals surface area contributed by atoms with E-state index < -0.39 is 0 Å². The molecular weight excluding hydrogens is 236 g/mol. The maximum atomic E-state index is 12.2. The summed E-state index contributed by atoms with van der Waals surface area (Å²) in [4.78, 5) is 14.1. The first-order valence-corrected chi connectivity index (χ1v) is 7.36. The van der Waals surface area contributed by atoms with Crippen molar-refractivity contribution in [3.8, 4) is 0 Å². The molecule has 1 unspecified atom stereocenters. The van der Waals surface area contributed by atoms with Gasteiger partial charge in [-0.3, -0.25) is 4.79 Å². The van der Waals surface area contributed by atoms with Gasteiger partial charge in [-0.2, -0.15) is 0 Å². The summed E-state index contributed by atoms with van der Waals surface area (Å²) in [7, 11) is 0. The molecule has 0 bridgehead atoms. The number of nitrogens with zero attached hydrogens (tertiary/aromatic N) is 1. The van der Waals surface area contributed by atoms with Crippen LogP contribution >= 0.6 is 0 Å². The Balaban J connectivity index is 2.07. The lowest BCUT2D eigenvalue weighted by Crippen LogP contribution is -2.30. The van der Waals surface area contributed by atoms with Crippen molar-refractivity contribution in [2.45, 2.75) is 32.6 Å². The third-order valence-electron chi connectivity index (χ3n) is 3.98. The predicted molar refractivity (Wildman–Crippen MR) is 78.5 cm³/mol. The van der Waals surface area contributed by atoms with Crippen LogP contribution < -0.4 is 5.32 Å². The van der Waals surface area contributed by atoms with Crippen molar-refractivity contribution >= 4 is 5.91 Å². The first-order valence-electron chi connectivity index (χ1n) is 7.36. The van der Waals surface area contributed by atoms with Crippen LogP contribution in [0.4, 0.5) is 0 Å². The van der Waals surface area contributed by atoms with Gasteiger partial charge in [0.15, 0.2) is 0 Å². The largest absolute Gasteiger partial charge is 0.339 e. The van der Waals surface area contributed by atoms with E-state index in [9.17, 15) is 4.79 Å². The minimum Gasteiger partial charge on any atom is -0.339 e. The number of nitrogens with one attached hydrogen (secondary N) is 1. The van der Waals surface area contributed by atoms with Gasteiger partial charge in [-0.25, -0.2) is 0 Å². The van der Waals surface area contributed by atoms with Crippen LogP contribution in [0.15, 0.2) is 24.3 Å². The zero-order valence-electron chi connectivity index (χ0n) is 12.0. The van der Waals surface area contributed by atoms with E-state index in [2.05, 4.69) is 17.4 Å². The molecular formula is C16H24N2O. The molecule has 0 radical (unpaired) electrons. The molecule has 1 atom stereocenters. The standard InChI is InChI=1S/C16H24N2O/c1-3-18(4-2)16(19)14-9-7-13(8-10-14)15-6-5-11-17-12-15/h7-10,15,17H,3-6,11-12H2,1-2H3. The van der Waals surface area contributed by atoms with E-state index in [1.807, 2.05) is 30.9 Å². The fourth-order valence-corrected chi connectivity index (χ4v) is 2.73. The molecule has 1 fully saturated rings. The van der Waals surface area contributed by atoms with E-state index in [1.54, 1.807) is 0 Å². The van der Waals surface area contributed by atoms with E-state index in [1.165, 1.54) is 18.4 Å². The Morgan fingerprint density at radius 2 is 1.95 bits per heavy atom. The van der Waals surface area contributed by atoms with Crippen LogP contribution in [0.2, 0.25) is 0 Å². The summed E-state index contributed by atoms with van der Waals surface area (Å²) in [6, 6.07) is 8.19. The summed E-state index contributed by atoms with van der Waals surface area (Å²) in [6.45, 7) is 7.76. The van der Waals surface area contributed by atoms with Gasteiger partial charge in [0.2, 0.25) is 0 Å². The topological polar surface area (TPSA) is 32.3 Å². The number of hydrogen-bond donors (Lipinski definition) is 1. The average Bonchev–Trinajstić information content (AvgIpc) is 2.49. The summed E-state index contributed by atoms with van der Waals surface area (Å²) < 4.78 is 0.